The molecular formula is C64H125NO5. The number of allylic oxidation sites excluding steroid dienone is 2. The summed E-state index contributed by atoms with van der Waals surface area (Å²) >= 11 is 0. The van der Waals surface area contributed by atoms with Crippen LogP contribution in [0.25, 0.3) is 0 Å². The summed E-state index contributed by atoms with van der Waals surface area (Å²) in [6.07, 6.45) is 72.3. The van der Waals surface area contributed by atoms with Crippen molar-refractivity contribution in [2.75, 3.05) is 13.2 Å². The Labute approximate surface area is 438 Å². The van der Waals surface area contributed by atoms with Gasteiger partial charge in [-0.25, -0.2) is 0 Å². The van der Waals surface area contributed by atoms with E-state index in [4.69, 9.17) is 4.74 Å². The van der Waals surface area contributed by atoms with Crippen LogP contribution in [0.15, 0.2) is 12.2 Å². The largest absolute Gasteiger partial charge is 0.466 e. The molecule has 0 aliphatic rings. The first-order chi connectivity index (χ1) is 34.5. The van der Waals surface area contributed by atoms with Crippen molar-refractivity contribution in [2.24, 2.45) is 0 Å². The van der Waals surface area contributed by atoms with E-state index in [0.29, 0.717) is 25.9 Å². The van der Waals surface area contributed by atoms with Gasteiger partial charge in [0.05, 0.1) is 25.4 Å². The fraction of sp³-hybridized carbons (Fsp3) is 0.938. The standard InChI is InChI=1S/C64H125NO5/c1-3-5-7-9-11-13-15-17-34-38-42-46-50-54-58-64(69)70-59-55-51-47-43-39-35-31-29-27-25-23-21-19-18-20-22-24-26-28-30-33-37-41-45-49-53-57-63(68)65-61(60-66)62(67)56-52-48-44-40-36-32-16-14-12-10-8-6-4-2/h15,17,61-62,66-67H,3-14,16,18-60H2,1-2H3,(H,65,68)/b17-15-. The van der Waals surface area contributed by atoms with Gasteiger partial charge >= 0.3 is 5.97 Å². The van der Waals surface area contributed by atoms with Crippen LogP contribution in [0.5, 0.6) is 0 Å². The second-order valence-corrected chi connectivity index (χ2v) is 22.1. The maximum Gasteiger partial charge on any atom is 0.305 e. The molecule has 70 heavy (non-hydrogen) atoms. The molecule has 0 bridgehead atoms. The molecule has 0 fully saturated rings. The smallest absolute Gasteiger partial charge is 0.305 e. The molecule has 3 N–H and O–H groups in total. The number of rotatable bonds is 60. The molecule has 0 rings (SSSR count). The predicted octanol–water partition coefficient (Wildman–Crippen LogP) is 20.0. The molecule has 0 spiro atoms. The fourth-order valence-electron chi connectivity index (χ4n) is 10.2. The molecule has 2 atom stereocenters. The van der Waals surface area contributed by atoms with E-state index in [1.807, 2.05) is 0 Å². The van der Waals surface area contributed by atoms with Gasteiger partial charge in [-0.05, 0) is 51.4 Å². The first-order valence-electron chi connectivity index (χ1n) is 31.9. The molecule has 0 aromatic rings. The number of esters is 1. The predicted molar refractivity (Wildman–Crippen MR) is 306 cm³/mol. The number of amides is 1. The minimum atomic E-state index is -0.661. The Hall–Kier alpha value is -1.40. The minimum absolute atomic E-state index is 0.00932. The van der Waals surface area contributed by atoms with E-state index < -0.39 is 12.1 Å². The van der Waals surface area contributed by atoms with Crippen molar-refractivity contribution in [3.8, 4) is 0 Å². The molecule has 0 saturated carbocycles. The van der Waals surface area contributed by atoms with Crippen LogP contribution < -0.4 is 5.32 Å². The summed E-state index contributed by atoms with van der Waals surface area (Å²) in [5.74, 6) is -0.0216. The molecule has 0 aliphatic carbocycles. The van der Waals surface area contributed by atoms with Gasteiger partial charge < -0.3 is 20.3 Å². The van der Waals surface area contributed by atoms with Crippen molar-refractivity contribution in [1.82, 2.24) is 5.32 Å². The third kappa shape index (κ3) is 55.9. The Bertz CT molecular complexity index is 1050. The van der Waals surface area contributed by atoms with Crippen molar-refractivity contribution in [3.63, 3.8) is 0 Å². The highest BCUT2D eigenvalue weighted by Crippen LogP contribution is 2.18. The summed E-state index contributed by atoms with van der Waals surface area (Å²) in [4.78, 5) is 24.5. The molecular weight excluding hydrogens is 863 g/mol. The number of nitrogens with one attached hydrogen (secondary N) is 1. The maximum atomic E-state index is 12.5. The maximum absolute atomic E-state index is 12.5. The average Bonchev–Trinajstić information content (AvgIpc) is 3.36. The van der Waals surface area contributed by atoms with Gasteiger partial charge in [-0.1, -0.05) is 309 Å². The number of unbranched alkanes of at least 4 members (excludes halogenated alkanes) is 47. The van der Waals surface area contributed by atoms with E-state index >= 15 is 0 Å². The van der Waals surface area contributed by atoms with E-state index in [1.165, 1.54) is 283 Å². The van der Waals surface area contributed by atoms with Crippen molar-refractivity contribution in [1.29, 1.82) is 0 Å². The van der Waals surface area contributed by atoms with E-state index in [1.54, 1.807) is 0 Å². The number of hydrogen-bond donors (Lipinski definition) is 3. The zero-order valence-corrected chi connectivity index (χ0v) is 47.5. The van der Waals surface area contributed by atoms with Gasteiger partial charge in [-0.15, -0.1) is 0 Å². The summed E-state index contributed by atoms with van der Waals surface area (Å²) < 4.78 is 5.48. The highest BCUT2D eigenvalue weighted by molar-refractivity contribution is 5.76. The Morgan fingerprint density at radius 1 is 0.386 bits per heavy atom. The van der Waals surface area contributed by atoms with Crippen molar-refractivity contribution < 1.29 is 24.5 Å². The third-order valence-electron chi connectivity index (χ3n) is 15.1. The second kappa shape index (κ2) is 60.2. The summed E-state index contributed by atoms with van der Waals surface area (Å²) in [6, 6.07) is -0.538. The summed E-state index contributed by atoms with van der Waals surface area (Å²) in [6.45, 7) is 4.96. The number of ether oxygens (including phenoxy) is 1. The van der Waals surface area contributed by atoms with Gasteiger partial charge in [0, 0.05) is 12.8 Å². The van der Waals surface area contributed by atoms with Crippen LogP contribution in [0.1, 0.15) is 361 Å². The number of aliphatic hydroxyl groups excluding tert-OH is 2. The molecule has 1 amide bonds. The van der Waals surface area contributed by atoms with Gasteiger partial charge in [0.15, 0.2) is 0 Å². The highest BCUT2D eigenvalue weighted by Gasteiger charge is 2.20. The fourth-order valence-corrected chi connectivity index (χ4v) is 10.2. The number of carbonyl (C=O) groups is 2. The molecule has 0 aromatic carbocycles. The zero-order valence-electron chi connectivity index (χ0n) is 47.5. The number of hydrogen-bond acceptors (Lipinski definition) is 5. The van der Waals surface area contributed by atoms with Crippen LogP contribution >= 0.6 is 0 Å². The third-order valence-corrected chi connectivity index (χ3v) is 15.1. The van der Waals surface area contributed by atoms with Gasteiger partial charge in [0.2, 0.25) is 5.91 Å². The van der Waals surface area contributed by atoms with E-state index in [9.17, 15) is 19.8 Å². The molecule has 0 aliphatic heterocycles. The van der Waals surface area contributed by atoms with Gasteiger partial charge in [-0.3, -0.25) is 9.59 Å². The molecule has 0 heterocycles. The Morgan fingerprint density at radius 3 is 1.01 bits per heavy atom. The van der Waals surface area contributed by atoms with Crippen LogP contribution in [-0.4, -0.2) is 47.4 Å². The molecule has 416 valence electrons. The normalized spacial score (nSPS) is 12.6. The van der Waals surface area contributed by atoms with Crippen molar-refractivity contribution >= 4 is 11.9 Å². The monoisotopic (exact) mass is 988 g/mol. The van der Waals surface area contributed by atoms with E-state index in [0.717, 1.165) is 44.9 Å². The SMILES string of the molecule is CCCCCCC/C=C\CCCCCCCC(=O)OCCCCCCCCCCCCCCCCCCCCCCCCCCCCC(=O)NC(CO)C(O)CCCCCCCCCCCCCCC. The van der Waals surface area contributed by atoms with Crippen LogP contribution in [0.4, 0.5) is 0 Å². The quantitative estimate of drug-likeness (QED) is 0.0321. The lowest BCUT2D eigenvalue weighted by atomic mass is 10.0. The average molecular weight is 989 g/mol. The zero-order chi connectivity index (χ0) is 50.7. The molecule has 0 aromatic heterocycles. The van der Waals surface area contributed by atoms with Crippen molar-refractivity contribution in [3.05, 3.63) is 12.2 Å². The topological polar surface area (TPSA) is 95.9 Å². The number of carbonyl (C=O) groups excluding carboxylic acids is 2. The Morgan fingerprint density at radius 2 is 0.671 bits per heavy atom. The summed E-state index contributed by atoms with van der Waals surface area (Å²) in [5, 5.41) is 23.3. The lowest BCUT2D eigenvalue weighted by Crippen LogP contribution is -2.45. The van der Waals surface area contributed by atoms with Crippen molar-refractivity contribution in [2.45, 2.75) is 373 Å². The first-order valence-corrected chi connectivity index (χ1v) is 31.9. The van der Waals surface area contributed by atoms with E-state index in [-0.39, 0.29) is 18.5 Å². The van der Waals surface area contributed by atoms with Crippen LogP contribution in [0.3, 0.4) is 0 Å². The molecule has 2 unspecified atom stereocenters. The molecule has 6 nitrogen and oxygen atoms in total. The van der Waals surface area contributed by atoms with Crippen LogP contribution in [0.2, 0.25) is 0 Å². The van der Waals surface area contributed by atoms with Gasteiger partial charge in [-0.2, -0.15) is 0 Å². The second-order valence-electron chi connectivity index (χ2n) is 22.1. The lowest BCUT2D eigenvalue weighted by Gasteiger charge is -2.22. The molecule has 0 saturated heterocycles. The first kappa shape index (κ1) is 68.6. The van der Waals surface area contributed by atoms with Gasteiger partial charge in [0.25, 0.3) is 0 Å². The van der Waals surface area contributed by atoms with E-state index in [2.05, 4.69) is 31.3 Å². The lowest BCUT2D eigenvalue weighted by molar-refractivity contribution is -0.143. The Balaban J connectivity index is 3.33. The number of aliphatic hydroxyl groups is 2. The summed E-state index contributed by atoms with van der Waals surface area (Å²) in [7, 11) is 0. The van der Waals surface area contributed by atoms with Crippen LogP contribution in [0, 0.1) is 0 Å². The highest BCUT2D eigenvalue weighted by atomic mass is 16.5. The van der Waals surface area contributed by atoms with Crippen LogP contribution in [-0.2, 0) is 14.3 Å². The minimum Gasteiger partial charge on any atom is -0.466 e. The molecule has 0 radical (unpaired) electrons. The summed E-state index contributed by atoms with van der Waals surface area (Å²) in [5.41, 5.74) is 0. The van der Waals surface area contributed by atoms with Gasteiger partial charge in [0.1, 0.15) is 0 Å². The Kier molecular flexibility index (Phi) is 59.0. The molecule has 6 heteroatoms.